The third kappa shape index (κ3) is 4.62. The van der Waals surface area contributed by atoms with Gasteiger partial charge in [0.05, 0.1) is 6.42 Å². The van der Waals surface area contributed by atoms with Crippen LogP contribution in [0.5, 0.6) is 0 Å². The molecular formula is C15H13ClO2S. The van der Waals surface area contributed by atoms with Crippen molar-refractivity contribution in [3.8, 4) is 0 Å². The molecule has 2 aromatic rings. The van der Waals surface area contributed by atoms with E-state index in [9.17, 15) is 4.79 Å². The van der Waals surface area contributed by atoms with Crippen molar-refractivity contribution in [3.63, 3.8) is 0 Å². The van der Waals surface area contributed by atoms with E-state index in [-0.39, 0.29) is 6.42 Å². The van der Waals surface area contributed by atoms with Gasteiger partial charge in [-0.15, -0.1) is 11.8 Å². The number of hydrogen-bond acceptors (Lipinski definition) is 2. The zero-order chi connectivity index (χ0) is 13.7. The van der Waals surface area contributed by atoms with Crippen molar-refractivity contribution in [2.24, 2.45) is 0 Å². The minimum absolute atomic E-state index is 0.0687. The molecule has 0 atom stereocenters. The molecule has 0 amide bonds. The summed E-state index contributed by atoms with van der Waals surface area (Å²) in [7, 11) is 0. The smallest absolute Gasteiger partial charge is 0.307 e. The van der Waals surface area contributed by atoms with Crippen LogP contribution in [0, 0.1) is 0 Å². The number of aliphatic carboxylic acids is 1. The Kier molecular flexibility index (Phi) is 4.88. The van der Waals surface area contributed by atoms with Crippen molar-refractivity contribution in [2.45, 2.75) is 17.1 Å². The number of carboxylic acid groups (broad SMARTS) is 1. The van der Waals surface area contributed by atoms with Crippen LogP contribution in [0.25, 0.3) is 0 Å². The summed E-state index contributed by atoms with van der Waals surface area (Å²) in [6.07, 6.45) is 0.0687. The van der Waals surface area contributed by atoms with Crippen LogP contribution in [0.1, 0.15) is 11.1 Å². The predicted molar refractivity (Wildman–Crippen MR) is 78.8 cm³/mol. The van der Waals surface area contributed by atoms with Gasteiger partial charge in [-0.25, -0.2) is 0 Å². The number of hydrogen-bond donors (Lipinski definition) is 1. The average Bonchev–Trinajstić information content (AvgIpc) is 2.37. The fraction of sp³-hybridized carbons (Fsp3) is 0.133. The molecule has 0 aliphatic carbocycles. The summed E-state index contributed by atoms with van der Waals surface area (Å²) in [6.45, 7) is 0. The van der Waals surface area contributed by atoms with Crippen molar-refractivity contribution in [1.29, 1.82) is 0 Å². The maximum absolute atomic E-state index is 10.6. The Balaban J connectivity index is 1.94. The molecule has 0 saturated heterocycles. The molecule has 2 rings (SSSR count). The normalized spacial score (nSPS) is 10.4. The molecular weight excluding hydrogens is 280 g/mol. The molecule has 0 fully saturated rings. The lowest BCUT2D eigenvalue weighted by Gasteiger charge is -2.04. The molecule has 0 heterocycles. The van der Waals surface area contributed by atoms with Gasteiger partial charge in [-0.3, -0.25) is 4.79 Å². The van der Waals surface area contributed by atoms with Crippen molar-refractivity contribution in [3.05, 3.63) is 64.7 Å². The van der Waals surface area contributed by atoms with E-state index >= 15 is 0 Å². The molecule has 0 bridgehead atoms. The zero-order valence-electron chi connectivity index (χ0n) is 10.2. The quantitative estimate of drug-likeness (QED) is 0.837. The third-order valence-electron chi connectivity index (χ3n) is 2.57. The van der Waals surface area contributed by atoms with Gasteiger partial charge in [-0.1, -0.05) is 35.9 Å². The maximum atomic E-state index is 10.6. The molecule has 4 heteroatoms. The Morgan fingerprint density at radius 2 is 1.84 bits per heavy atom. The van der Waals surface area contributed by atoms with Gasteiger partial charge in [0.25, 0.3) is 0 Å². The van der Waals surface area contributed by atoms with E-state index in [0.29, 0.717) is 0 Å². The van der Waals surface area contributed by atoms with Gasteiger partial charge >= 0.3 is 5.97 Å². The summed E-state index contributed by atoms with van der Waals surface area (Å²) >= 11 is 7.63. The Bertz CT molecular complexity index is 567. The molecule has 98 valence electrons. The molecule has 2 aromatic carbocycles. The van der Waals surface area contributed by atoms with Gasteiger partial charge < -0.3 is 5.11 Å². The van der Waals surface area contributed by atoms with E-state index < -0.39 is 5.97 Å². The number of rotatable bonds is 5. The summed E-state index contributed by atoms with van der Waals surface area (Å²) in [6, 6.07) is 15.4. The minimum Gasteiger partial charge on any atom is -0.481 e. The lowest BCUT2D eigenvalue weighted by molar-refractivity contribution is -0.136. The molecule has 0 aromatic heterocycles. The number of carboxylic acids is 1. The lowest BCUT2D eigenvalue weighted by atomic mass is 10.2. The van der Waals surface area contributed by atoms with Gasteiger partial charge in [-0.2, -0.15) is 0 Å². The van der Waals surface area contributed by atoms with Crippen LogP contribution in [0.15, 0.2) is 53.4 Å². The number of carbonyl (C=O) groups is 1. The van der Waals surface area contributed by atoms with Gasteiger partial charge in [0, 0.05) is 15.7 Å². The summed E-state index contributed by atoms with van der Waals surface area (Å²) in [4.78, 5) is 11.7. The Hall–Kier alpha value is -1.45. The highest BCUT2D eigenvalue weighted by Crippen LogP contribution is 2.24. The first-order chi connectivity index (χ1) is 9.13. The maximum Gasteiger partial charge on any atom is 0.307 e. The summed E-state index contributed by atoms with van der Waals surface area (Å²) < 4.78 is 0. The Morgan fingerprint density at radius 3 is 2.47 bits per heavy atom. The summed E-state index contributed by atoms with van der Waals surface area (Å²) in [5.41, 5.74) is 1.99. The van der Waals surface area contributed by atoms with Crippen LogP contribution in [-0.4, -0.2) is 11.1 Å². The van der Waals surface area contributed by atoms with Crippen molar-refractivity contribution < 1.29 is 9.90 Å². The topological polar surface area (TPSA) is 37.3 Å². The highest BCUT2D eigenvalue weighted by molar-refractivity contribution is 7.98. The number of halogens is 1. The first-order valence-corrected chi connectivity index (χ1v) is 7.18. The largest absolute Gasteiger partial charge is 0.481 e. The van der Waals surface area contributed by atoms with Crippen molar-refractivity contribution in [2.75, 3.05) is 0 Å². The van der Waals surface area contributed by atoms with Crippen LogP contribution in [0.3, 0.4) is 0 Å². The number of thioether (sulfide) groups is 1. The standard InChI is InChI=1S/C15H13ClO2S/c16-13-3-1-2-12(8-13)10-19-14-6-4-11(5-7-14)9-15(17)18/h1-8H,9-10H2,(H,17,18). The van der Waals surface area contributed by atoms with Crippen LogP contribution in [0.4, 0.5) is 0 Å². The van der Waals surface area contributed by atoms with E-state index in [4.69, 9.17) is 16.7 Å². The van der Waals surface area contributed by atoms with Crippen LogP contribution < -0.4 is 0 Å². The second kappa shape index (κ2) is 6.64. The first kappa shape index (κ1) is 14.0. The molecule has 1 N–H and O–H groups in total. The molecule has 0 aliphatic rings. The van der Waals surface area contributed by atoms with E-state index in [0.717, 1.165) is 21.2 Å². The highest BCUT2D eigenvalue weighted by atomic mass is 35.5. The van der Waals surface area contributed by atoms with Crippen LogP contribution in [0.2, 0.25) is 5.02 Å². The zero-order valence-corrected chi connectivity index (χ0v) is 11.7. The van der Waals surface area contributed by atoms with Gasteiger partial charge in [-0.05, 0) is 35.4 Å². The molecule has 0 spiro atoms. The van der Waals surface area contributed by atoms with E-state index in [1.54, 1.807) is 11.8 Å². The van der Waals surface area contributed by atoms with Gasteiger partial charge in [0.2, 0.25) is 0 Å². The van der Waals surface area contributed by atoms with Crippen molar-refractivity contribution >= 4 is 29.3 Å². The fourth-order valence-corrected chi connectivity index (χ4v) is 2.73. The highest BCUT2D eigenvalue weighted by Gasteiger charge is 2.01. The molecule has 0 aliphatic heterocycles. The molecule has 0 radical (unpaired) electrons. The fourth-order valence-electron chi connectivity index (χ4n) is 1.67. The van der Waals surface area contributed by atoms with Crippen molar-refractivity contribution in [1.82, 2.24) is 0 Å². The third-order valence-corrected chi connectivity index (χ3v) is 3.89. The van der Waals surface area contributed by atoms with E-state index in [1.807, 2.05) is 48.5 Å². The summed E-state index contributed by atoms with van der Waals surface area (Å²) in [5.74, 6) is 0.0399. The minimum atomic E-state index is -0.806. The number of benzene rings is 2. The van der Waals surface area contributed by atoms with Crippen LogP contribution in [-0.2, 0) is 17.0 Å². The van der Waals surface area contributed by atoms with E-state index in [1.165, 1.54) is 5.56 Å². The molecule has 2 nitrogen and oxygen atoms in total. The average molecular weight is 293 g/mol. The van der Waals surface area contributed by atoms with Gasteiger partial charge in [0.15, 0.2) is 0 Å². The second-order valence-electron chi connectivity index (χ2n) is 4.13. The monoisotopic (exact) mass is 292 g/mol. The predicted octanol–water partition coefficient (Wildman–Crippen LogP) is 4.26. The Morgan fingerprint density at radius 1 is 1.11 bits per heavy atom. The van der Waals surface area contributed by atoms with E-state index in [2.05, 4.69) is 0 Å². The summed E-state index contributed by atoms with van der Waals surface area (Å²) in [5, 5.41) is 9.44. The lowest BCUT2D eigenvalue weighted by Crippen LogP contribution is -1.99. The SMILES string of the molecule is O=C(O)Cc1ccc(SCc2cccc(Cl)c2)cc1. The first-order valence-electron chi connectivity index (χ1n) is 5.81. The molecule has 19 heavy (non-hydrogen) atoms. The van der Waals surface area contributed by atoms with Gasteiger partial charge in [0.1, 0.15) is 0 Å². The molecule has 0 unspecified atom stereocenters. The second-order valence-corrected chi connectivity index (χ2v) is 5.62. The Labute approximate surface area is 121 Å². The van der Waals surface area contributed by atoms with Crippen LogP contribution >= 0.6 is 23.4 Å². The molecule has 0 saturated carbocycles.